The van der Waals surface area contributed by atoms with Crippen LogP contribution in [0.3, 0.4) is 0 Å². The summed E-state index contributed by atoms with van der Waals surface area (Å²) in [5.74, 6) is 0.909. The van der Waals surface area contributed by atoms with E-state index in [1.165, 1.54) is 0 Å². The van der Waals surface area contributed by atoms with Gasteiger partial charge in [-0.1, -0.05) is 42.5 Å². The first-order chi connectivity index (χ1) is 18.5. The van der Waals surface area contributed by atoms with Gasteiger partial charge in [-0.05, 0) is 36.6 Å². The second-order valence-corrected chi connectivity index (χ2v) is 11.2. The number of hydrogen-bond donors (Lipinski definition) is 2. The van der Waals surface area contributed by atoms with Crippen molar-refractivity contribution in [1.29, 1.82) is 0 Å². The first-order valence-electron chi connectivity index (χ1n) is 12.3. The number of nitrogens with zero attached hydrogens (tertiary/aromatic N) is 5. The average molecular weight is 531 g/mol. The molecule has 4 heterocycles. The number of hydrogen-bond acceptors (Lipinski definition) is 8. The fraction of sp³-hybridized carbons (Fsp3) is 0.222. The van der Waals surface area contributed by atoms with Gasteiger partial charge in [0.15, 0.2) is 0 Å². The Morgan fingerprint density at radius 3 is 2.79 bits per heavy atom. The number of anilines is 1. The fourth-order valence-corrected chi connectivity index (χ4v) is 6.43. The molecule has 0 aliphatic carbocycles. The lowest BCUT2D eigenvalue weighted by atomic mass is 10.1. The van der Waals surface area contributed by atoms with Gasteiger partial charge >= 0.3 is 5.84 Å². The van der Waals surface area contributed by atoms with Crippen LogP contribution >= 0.6 is 0 Å². The molecule has 194 valence electrons. The van der Waals surface area contributed by atoms with Crippen LogP contribution in [0.25, 0.3) is 28.5 Å². The number of imidazole rings is 1. The normalized spacial score (nSPS) is 16.6. The van der Waals surface area contributed by atoms with Crippen LogP contribution in [0.2, 0.25) is 0 Å². The predicted molar refractivity (Wildman–Crippen MR) is 143 cm³/mol. The van der Waals surface area contributed by atoms with Gasteiger partial charge in [-0.2, -0.15) is 9.29 Å². The zero-order valence-corrected chi connectivity index (χ0v) is 21.3. The zero-order chi connectivity index (χ0) is 26.1. The van der Waals surface area contributed by atoms with E-state index in [4.69, 9.17) is 9.40 Å². The lowest BCUT2D eigenvalue weighted by molar-refractivity contribution is 0.326. The number of fused-ring (bicyclic) bond motifs is 1. The van der Waals surface area contributed by atoms with Crippen molar-refractivity contribution < 1.29 is 17.9 Å². The van der Waals surface area contributed by atoms with Crippen molar-refractivity contribution in [2.24, 2.45) is 0 Å². The number of nitrogens with one attached hydrogen (secondary N) is 1. The van der Waals surface area contributed by atoms with Gasteiger partial charge in [0.05, 0.1) is 11.4 Å². The topological polar surface area (TPSA) is 126 Å². The van der Waals surface area contributed by atoms with Gasteiger partial charge in [0.1, 0.15) is 23.4 Å². The molecule has 1 aliphatic rings. The number of sulfonamides is 1. The van der Waals surface area contributed by atoms with Crippen LogP contribution in [-0.4, -0.2) is 56.3 Å². The van der Waals surface area contributed by atoms with Crippen molar-refractivity contribution in [3.63, 3.8) is 0 Å². The Morgan fingerprint density at radius 2 is 1.95 bits per heavy atom. The van der Waals surface area contributed by atoms with Gasteiger partial charge in [-0.15, -0.1) is 0 Å². The van der Waals surface area contributed by atoms with Gasteiger partial charge < -0.3 is 14.8 Å². The summed E-state index contributed by atoms with van der Waals surface area (Å²) >= 11 is 0. The van der Waals surface area contributed by atoms with E-state index >= 15 is 0 Å². The van der Waals surface area contributed by atoms with Crippen molar-refractivity contribution in [1.82, 2.24) is 23.7 Å². The first-order valence-corrected chi connectivity index (χ1v) is 13.9. The minimum atomic E-state index is -3.45. The van der Waals surface area contributed by atoms with Crippen molar-refractivity contribution in [3.05, 3.63) is 84.9 Å². The Hall–Kier alpha value is -4.22. The predicted octanol–water partition coefficient (Wildman–Crippen LogP) is 4.16. The number of phenolic OH excluding ortho intramolecular Hbond substituents is 1. The molecule has 10 nitrogen and oxygen atoms in total. The van der Waals surface area contributed by atoms with Crippen molar-refractivity contribution in [3.8, 4) is 28.4 Å². The maximum Gasteiger partial charge on any atom is 0.306 e. The van der Waals surface area contributed by atoms with Crippen LogP contribution in [0.15, 0.2) is 83.7 Å². The number of phenols is 1. The Labute approximate surface area is 219 Å². The van der Waals surface area contributed by atoms with E-state index in [2.05, 4.69) is 15.3 Å². The van der Waals surface area contributed by atoms with Crippen LogP contribution in [-0.2, 0) is 15.8 Å². The molecule has 0 bridgehead atoms. The van der Waals surface area contributed by atoms with Crippen LogP contribution in [0.5, 0.6) is 5.75 Å². The maximum atomic E-state index is 13.1. The third-order valence-electron chi connectivity index (χ3n) is 6.58. The summed E-state index contributed by atoms with van der Waals surface area (Å²) < 4.78 is 35.0. The second kappa shape index (κ2) is 9.92. The first kappa shape index (κ1) is 24.1. The lowest BCUT2D eigenvalue weighted by Crippen LogP contribution is -2.45. The van der Waals surface area contributed by atoms with Crippen molar-refractivity contribution >= 4 is 21.8 Å². The van der Waals surface area contributed by atoms with E-state index in [0.29, 0.717) is 42.0 Å². The monoisotopic (exact) mass is 530 g/mol. The highest BCUT2D eigenvalue weighted by Gasteiger charge is 2.29. The number of benzene rings is 2. The minimum Gasteiger partial charge on any atom is -0.508 e. The summed E-state index contributed by atoms with van der Waals surface area (Å²) in [7, 11) is -3.45. The smallest absolute Gasteiger partial charge is 0.306 e. The molecule has 0 saturated carbocycles. The molecule has 0 spiro atoms. The van der Waals surface area contributed by atoms with E-state index in [9.17, 15) is 13.5 Å². The Bertz CT molecular complexity index is 1680. The lowest BCUT2D eigenvalue weighted by Gasteiger charge is -2.32. The number of aromatic hydroxyl groups is 1. The molecule has 6 rings (SSSR count). The molecule has 2 N–H and O–H groups in total. The molecule has 11 heteroatoms. The molecular weight excluding hydrogens is 504 g/mol. The Kier molecular flexibility index (Phi) is 6.30. The SMILES string of the molecule is O=S(=O)(Cc1ccccc1)N1CCC[C@@H](Nc2nccc(-c3c(-c4cccc(O)c4)nc4occn34)n2)C1. The maximum absolute atomic E-state index is 13.1. The number of oxazole rings is 1. The summed E-state index contributed by atoms with van der Waals surface area (Å²) in [5.41, 5.74) is 3.41. The van der Waals surface area contributed by atoms with E-state index in [1.54, 1.807) is 51.6 Å². The highest BCUT2D eigenvalue weighted by molar-refractivity contribution is 7.88. The van der Waals surface area contributed by atoms with Crippen LogP contribution in [0, 0.1) is 0 Å². The summed E-state index contributed by atoms with van der Waals surface area (Å²) in [6, 6.07) is 17.7. The van der Waals surface area contributed by atoms with Gasteiger partial charge in [-0.3, -0.25) is 4.40 Å². The third kappa shape index (κ3) is 4.85. The van der Waals surface area contributed by atoms with Gasteiger partial charge in [-0.25, -0.2) is 18.4 Å². The molecule has 0 radical (unpaired) electrons. The minimum absolute atomic E-state index is 0.0216. The molecular formula is C27H26N6O4S. The Morgan fingerprint density at radius 1 is 1.08 bits per heavy atom. The second-order valence-electron chi connectivity index (χ2n) is 9.26. The summed E-state index contributed by atoms with van der Waals surface area (Å²) in [5, 5.41) is 13.3. The average Bonchev–Trinajstić information content (AvgIpc) is 3.51. The molecule has 0 unspecified atom stereocenters. The van der Waals surface area contributed by atoms with Crippen LogP contribution in [0.1, 0.15) is 18.4 Å². The van der Waals surface area contributed by atoms with Crippen LogP contribution in [0.4, 0.5) is 5.95 Å². The van der Waals surface area contributed by atoms with Crippen LogP contribution < -0.4 is 5.32 Å². The van der Waals surface area contributed by atoms with Crippen molar-refractivity contribution in [2.45, 2.75) is 24.6 Å². The molecule has 3 aromatic heterocycles. The summed E-state index contributed by atoms with van der Waals surface area (Å²) in [4.78, 5) is 13.8. The Balaban J connectivity index is 1.25. The highest BCUT2D eigenvalue weighted by Crippen LogP contribution is 2.33. The highest BCUT2D eigenvalue weighted by atomic mass is 32.2. The molecule has 1 fully saturated rings. The largest absolute Gasteiger partial charge is 0.508 e. The van der Waals surface area contributed by atoms with Gasteiger partial charge in [0.25, 0.3) is 0 Å². The number of aromatic nitrogens is 4. The number of piperidine rings is 1. The molecule has 0 amide bonds. The quantitative estimate of drug-likeness (QED) is 0.321. The fourth-order valence-electron chi connectivity index (χ4n) is 4.82. The third-order valence-corrected chi connectivity index (χ3v) is 8.40. The summed E-state index contributed by atoms with van der Waals surface area (Å²) in [6.07, 6.45) is 6.51. The van der Waals surface area contributed by atoms with E-state index in [0.717, 1.165) is 24.0 Å². The molecule has 1 saturated heterocycles. The molecule has 5 aromatic rings. The molecule has 38 heavy (non-hydrogen) atoms. The summed E-state index contributed by atoms with van der Waals surface area (Å²) in [6.45, 7) is 0.839. The molecule has 1 atom stereocenters. The zero-order valence-electron chi connectivity index (χ0n) is 20.4. The molecule has 2 aromatic carbocycles. The van der Waals surface area contributed by atoms with Gasteiger partial charge in [0, 0.05) is 37.1 Å². The van der Waals surface area contributed by atoms with Crippen molar-refractivity contribution in [2.75, 3.05) is 18.4 Å². The van der Waals surface area contributed by atoms with Gasteiger partial charge in [0.2, 0.25) is 16.0 Å². The van der Waals surface area contributed by atoms with E-state index in [-0.39, 0.29) is 17.5 Å². The van der Waals surface area contributed by atoms with E-state index < -0.39 is 10.0 Å². The van der Waals surface area contributed by atoms with E-state index in [1.807, 2.05) is 36.4 Å². The standard InChI is InChI=1S/C27H26N6O4S/c34-22-10-4-8-20(16-22)24-25(33-14-15-37-27(33)31-24)23-11-12-28-26(30-23)29-21-9-5-13-32(17-21)38(35,36)18-19-6-2-1-3-7-19/h1-4,6-8,10-12,14-16,21,34H,5,9,13,17-18H2,(H,28,29,30)/t21-/m1/s1. The number of rotatable bonds is 7. The molecule has 1 aliphatic heterocycles.